The highest BCUT2D eigenvalue weighted by Crippen LogP contribution is 2.38. The molecule has 1 N–H and O–H groups in total. The van der Waals surface area contributed by atoms with Crippen molar-refractivity contribution in [2.75, 3.05) is 11.4 Å². The zero-order valence-electron chi connectivity index (χ0n) is 13.0. The zero-order chi connectivity index (χ0) is 15.0. The van der Waals surface area contributed by atoms with Crippen molar-refractivity contribution in [2.45, 2.75) is 52.0 Å². The van der Waals surface area contributed by atoms with Gasteiger partial charge in [0.1, 0.15) is 0 Å². The molecular weight excluding hydrogens is 262 g/mol. The number of carbonyl (C=O) groups is 1. The number of benzene rings is 1. The molecule has 1 aliphatic carbocycles. The van der Waals surface area contributed by atoms with Gasteiger partial charge in [-0.2, -0.15) is 0 Å². The normalized spacial score (nSPS) is 29.0. The molecule has 0 radical (unpaired) electrons. The van der Waals surface area contributed by atoms with Crippen LogP contribution in [-0.2, 0) is 6.42 Å². The lowest BCUT2D eigenvalue weighted by Crippen LogP contribution is -2.43. The summed E-state index contributed by atoms with van der Waals surface area (Å²) in [5.41, 5.74) is 2.71. The molecule has 21 heavy (non-hydrogen) atoms. The van der Waals surface area contributed by atoms with Crippen LogP contribution in [0.25, 0.3) is 0 Å². The Labute approximate surface area is 127 Å². The first kappa shape index (κ1) is 14.4. The van der Waals surface area contributed by atoms with Crippen LogP contribution in [0.15, 0.2) is 18.2 Å². The zero-order valence-corrected chi connectivity index (χ0v) is 13.0. The number of rotatable bonds is 2. The summed E-state index contributed by atoms with van der Waals surface area (Å²) in [7, 11) is 0. The van der Waals surface area contributed by atoms with Crippen molar-refractivity contribution in [3.05, 3.63) is 29.3 Å². The maximum Gasteiger partial charge on any atom is 0.336 e. The Bertz CT molecular complexity index is 540. The highest BCUT2D eigenvalue weighted by molar-refractivity contribution is 5.91. The Balaban J connectivity index is 1.91. The molecule has 0 bridgehead atoms. The molecule has 3 nitrogen and oxygen atoms in total. The van der Waals surface area contributed by atoms with Crippen LogP contribution in [-0.4, -0.2) is 23.7 Å². The fourth-order valence-corrected chi connectivity index (χ4v) is 4.03. The molecule has 2 aliphatic rings. The molecule has 3 unspecified atom stereocenters. The van der Waals surface area contributed by atoms with Crippen molar-refractivity contribution in [1.82, 2.24) is 0 Å². The van der Waals surface area contributed by atoms with E-state index in [9.17, 15) is 9.90 Å². The summed E-state index contributed by atoms with van der Waals surface area (Å²) in [5.74, 6) is 0.784. The van der Waals surface area contributed by atoms with Crippen LogP contribution in [0.5, 0.6) is 0 Å². The minimum absolute atomic E-state index is 0.495. The van der Waals surface area contributed by atoms with Gasteiger partial charge in [-0.3, -0.25) is 0 Å². The summed E-state index contributed by atoms with van der Waals surface area (Å²) in [5, 5.41) is 9.40. The van der Waals surface area contributed by atoms with Crippen molar-refractivity contribution in [3.63, 3.8) is 0 Å². The smallest absolute Gasteiger partial charge is 0.336 e. The number of fused-ring (bicyclic) bond motifs is 1. The van der Waals surface area contributed by atoms with Gasteiger partial charge in [-0.05, 0) is 61.6 Å². The van der Waals surface area contributed by atoms with Gasteiger partial charge in [-0.15, -0.1) is 0 Å². The van der Waals surface area contributed by atoms with Gasteiger partial charge in [0.15, 0.2) is 0 Å². The molecule has 1 fully saturated rings. The number of nitrogens with zero attached hydrogens (tertiary/aromatic N) is 1. The standard InChI is InChI=1S/C18H25NO2/c1-12-8-9-14(11-13(12)2)19-10-4-6-15-16(18(20)21)5-3-7-17(15)19/h3,5,7,12-14H,4,6,8-11H2,1-2H3,(H,20,21). The molecule has 3 rings (SSSR count). The van der Waals surface area contributed by atoms with Crippen LogP contribution in [0.4, 0.5) is 5.69 Å². The Morgan fingerprint density at radius 3 is 2.76 bits per heavy atom. The fourth-order valence-electron chi connectivity index (χ4n) is 4.03. The maximum atomic E-state index is 11.4. The van der Waals surface area contributed by atoms with Crippen molar-refractivity contribution in [1.29, 1.82) is 0 Å². The SMILES string of the molecule is CC1CCC(N2CCCc3c(C(=O)O)cccc32)CC1C. The number of aromatic carboxylic acids is 1. The predicted molar refractivity (Wildman–Crippen MR) is 85.0 cm³/mol. The molecule has 0 aromatic heterocycles. The second-order valence-corrected chi connectivity index (χ2v) is 6.83. The fraction of sp³-hybridized carbons (Fsp3) is 0.611. The average Bonchev–Trinajstić information content (AvgIpc) is 2.48. The maximum absolute atomic E-state index is 11.4. The first-order chi connectivity index (χ1) is 10.1. The largest absolute Gasteiger partial charge is 0.478 e. The second-order valence-electron chi connectivity index (χ2n) is 6.83. The molecule has 1 heterocycles. The summed E-state index contributed by atoms with van der Waals surface area (Å²) in [6.07, 6.45) is 5.72. The first-order valence-corrected chi connectivity index (χ1v) is 8.19. The molecule has 3 heteroatoms. The molecule has 1 aromatic carbocycles. The van der Waals surface area contributed by atoms with E-state index in [1.807, 2.05) is 6.07 Å². The lowest BCUT2D eigenvalue weighted by Gasteiger charge is -2.43. The minimum Gasteiger partial charge on any atom is -0.478 e. The van der Waals surface area contributed by atoms with Gasteiger partial charge in [-0.1, -0.05) is 19.9 Å². The lowest BCUT2D eigenvalue weighted by atomic mass is 9.78. The minimum atomic E-state index is -0.792. The molecular formula is C18H25NO2. The van der Waals surface area contributed by atoms with Crippen molar-refractivity contribution in [3.8, 4) is 0 Å². The van der Waals surface area contributed by atoms with Crippen LogP contribution < -0.4 is 4.90 Å². The van der Waals surface area contributed by atoms with Crippen LogP contribution in [0.1, 0.15) is 55.5 Å². The third kappa shape index (κ3) is 2.66. The molecule has 1 saturated carbocycles. The molecule has 0 amide bonds. The quantitative estimate of drug-likeness (QED) is 0.895. The van der Waals surface area contributed by atoms with Gasteiger partial charge in [0.2, 0.25) is 0 Å². The van der Waals surface area contributed by atoms with E-state index in [4.69, 9.17) is 0 Å². The number of carboxylic acid groups (broad SMARTS) is 1. The Kier molecular flexibility index (Phi) is 3.92. The second kappa shape index (κ2) is 5.70. The third-order valence-corrected chi connectivity index (χ3v) is 5.53. The van der Waals surface area contributed by atoms with Gasteiger partial charge in [0.05, 0.1) is 5.56 Å². The van der Waals surface area contributed by atoms with E-state index in [1.54, 1.807) is 6.07 Å². The van der Waals surface area contributed by atoms with Crippen LogP contribution >= 0.6 is 0 Å². The summed E-state index contributed by atoms with van der Waals surface area (Å²) in [6.45, 7) is 5.78. The molecule has 0 saturated heterocycles. The highest BCUT2D eigenvalue weighted by Gasteiger charge is 2.32. The first-order valence-electron chi connectivity index (χ1n) is 8.19. The monoisotopic (exact) mass is 287 g/mol. The topological polar surface area (TPSA) is 40.5 Å². The van der Waals surface area contributed by atoms with E-state index in [2.05, 4.69) is 24.8 Å². The third-order valence-electron chi connectivity index (χ3n) is 5.53. The van der Waals surface area contributed by atoms with Gasteiger partial charge >= 0.3 is 5.97 Å². The van der Waals surface area contributed by atoms with E-state index < -0.39 is 5.97 Å². The van der Waals surface area contributed by atoms with Crippen LogP contribution in [0.2, 0.25) is 0 Å². The van der Waals surface area contributed by atoms with E-state index in [1.165, 1.54) is 24.9 Å². The number of carboxylic acids is 1. The van der Waals surface area contributed by atoms with Crippen molar-refractivity contribution < 1.29 is 9.90 Å². The van der Waals surface area contributed by atoms with E-state index >= 15 is 0 Å². The Hall–Kier alpha value is -1.51. The van der Waals surface area contributed by atoms with Crippen LogP contribution in [0.3, 0.4) is 0 Å². The van der Waals surface area contributed by atoms with E-state index in [0.717, 1.165) is 36.8 Å². The van der Waals surface area contributed by atoms with Gasteiger partial charge < -0.3 is 10.0 Å². The summed E-state index contributed by atoms with van der Waals surface area (Å²) in [4.78, 5) is 13.9. The molecule has 1 aliphatic heterocycles. The molecule has 1 aromatic rings. The van der Waals surface area contributed by atoms with E-state index in [-0.39, 0.29) is 0 Å². The number of hydrogen-bond acceptors (Lipinski definition) is 2. The van der Waals surface area contributed by atoms with Gasteiger partial charge in [0.25, 0.3) is 0 Å². The van der Waals surface area contributed by atoms with Gasteiger partial charge in [-0.25, -0.2) is 4.79 Å². The predicted octanol–water partition coefficient (Wildman–Crippen LogP) is 3.96. The molecule has 0 spiro atoms. The van der Waals surface area contributed by atoms with Crippen LogP contribution in [0, 0.1) is 11.8 Å². The van der Waals surface area contributed by atoms with Gasteiger partial charge in [0, 0.05) is 18.3 Å². The Morgan fingerprint density at radius 1 is 1.24 bits per heavy atom. The lowest BCUT2D eigenvalue weighted by molar-refractivity contribution is 0.0695. The number of hydrogen-bond donors (Lipinski definition) is 1. The highest BCUT2D eigenvalue weighted by atomic mass is 16.4. The van der Waals surface area contributed by atoms with Crippen molar-refractivity contribution in [2.24, 2.45) is 11.8 Å². The summed E-state index contributed by atoms with van der Waals surface area (Å²) in [6, 6.07) is 6.34. The summed E-state index contributed by atoms with van der Waals surface area (Å²) >= 11 is 0. The van der Waals surface area contributed by atoms with Crippen molar-refractivity contribution >= 4 is 11.7 Å². The summed E-state index contributed by atoms with van der Waals surface area (Å²) < 4.78 is 0. The molecule has 3 atom stereocenters. The number of anilines is 1. The molecule has 114 valence electrons. The Morgan fingerprint density at radius 2 is 2.05 bits per heavy atom. The van der Waals surface area contributed by atoms with E-state index in [0.29, 0.717) is 11.6 Å². The average molecular weight is 287 g/mol.